The lowest BCUT2D eigenvalue weighted by molar-refractivity contribution is 0.0607. The maximum Gasteiger partial charge on any atom is 0.253 e. The minimum atomic E-state index is 0.0256. The van der Waals surface area contributed by atoms with Gasteiger partial charge in [0.25, 0.3) is 11.8 Å². The minimum Gasteiger partial charge on any atom is -0.339 e. The lowest BCUT2D eigenvalue weighted by Crippen LogP contribution is -2.44. The number of carbonyl (C=O) groups is 2. The zero-order chi connectivity index (χ0) is 17.9. The second kappa shape index (κ2) is 7.56. The number of likely N-dealkylation sites (tertiary alicyclic amines) is 1. The Kier molecular flexibility index (Phi) is 5.42. The van der Waals surface area contributed by atoms with E-state index in [1.54, 1.807) is 29.2 Å². The molecule has 0 aliphatic carbocycles. The van der Waals surface area contributed by atoms with Crippen molar-refractivity contribution in [2.24, 2.45) is 5.41 Å². The molecular formula is C20H29N3O2. The highest BCUT2D eigenvalue weighted by molar-refractivity contribution is 5.97. The molecule has 0 aromatic heterocycles. The van der Waals surface area contributed by atoms with Crippen LogP contribution in [0.1, 0.15) is 53.8 Å². The first-order chi connectivity index (χ1) is 12.1. The van der Waals surface area contributed by atoms with Crippen LogP contribution in [0.4, 0.5) is 0 Å². The van der Waals surface area contributed by atoms with Crippen LogP contribution in [0.15, 0.2) is 24.3 Å². The second-order valence-electron chi connectivity index (χ2n) is 7.27. The van der Waals surface area contributed by atoms with Crippen LogP contribution in [-0.4, -0.2) is 60.9 Å². The van der Waals surface area contributed by atoms with Crippen molar-refractivity contribution < 1.29 is 9.59 Å². The Labute approximate surface area is 150 Å². The largest absolute Gasteiger partial charge is 0.339 e. The zero-order valence-electron chi connectivity index (χ0n) is 15.4. The number of hydrogen-bond acceptors (Lipinski definition) is 3. The quantitative estimate of drug-likeness (QED) is 0.913. The molecule has 0 radical (unpaired) electrons. The van der Waals surface area contributed by atoms with Gasteiger partial charge in [-0.3, -0.25) is 9.59 Å². The van der Waals surface area contributed by atoms with Crippen LogP contribution >= 0.6 is 0 Å². The summed E-state index contributed by atoms with van der Waals surface area (Å²) in [6, 6.07) is 7.14. The topological polar surface area (TPSA) is 52.7 Å². The van der Waals surface area contributed by atoms with E-state index in [9.17, 15) is 9.59 Å². The average Bonchev–Trinajstić information content (AvgIpc) is 3.11. The predicted octanol–water partition coefficient (Wildman–Crippen LogP) is 2.38. The van der Waals surface area contributed by atoms with Crippen LogP contribution < -0.4 is 5.32 Å². The normalized spacial score (nSPS) is 19.2. The number of rotatable bonds is 4. The van der Waals surface area contributed by atoms with E-state index in [1.165, 1.54) is 6.42 Å². The van der Waals surface area contributed by atoms with Crippen molar-refractivity contribution in [3.05, 3.63) is 35.4 Å². The van der Waals surface area contributed by atoms with Gasteiger partial charge in [-0.1, -0.05) is 0 Å². The fourth-order valence-electron chi connectivity index (χ4n) is 4.04. The van der Waals surface area contributed by atoms with Gasteiger partial charge >= 0.3 is 0 Å². The lowest BCUT2D eigenvalue weighted by Gasteiger charge is -2.38. The van der Waals surface area contributed by atoms with Crippen molar-refractivity contribution >= 4 is 11.8 Å². The van der Waals surface area contributed by atoms with Gasteiger partial charge < -0.3 is 15.1 Å². The molecule has 1 aromatic rings. The molecule has 3 rings (SSSR count). The molecule has 1 aromatic carbocycles. The Morgan fingerprint density at radius 1 is 1.04 bits per heavy atom. The van der Waals surface area contributed by atoms with Gasteiger partial charge in [0.05, 0.1) is 0 Å². The van der Waals surface area contributed by atoms with Crippen LogP contribution in [0.2, 0.25) is 0 Å². The molecule has 0 bridgehead atoms. The van der Waals surface area contributed by atoms with E-state index in [0.29, 0.717) is 29.6 Å². The second-order valence-corrected chi connectivity index (χ2v) is 7.27. The molecule has 0 atom stereocenters. The van der Waals surface area contributed by atoms with Crippen LogP contribution in [-0.2, 0) is 0 Å². The smallest absolute Gasteiger partial charge is 0.253 e. The van der Waals surface area contributed by atoms with E-state index in [4.69, 9.17) is 0 Å². The minimum absolute atomic E-state index is 0.0256. The Bertz CT molecular complexity index is 606. The van der Waals surface area contributed by atoms with Crippen molar-refractivity contribution in [1.29, 1.82) is 0 Å². The average molecular weight is 343 g/mol. The fraction of sp³-hybridized carbons (Fsp3) is 0.600. The first-order valence-electron chi connectivity index (χ1n) is 9.48. The third kappa shape index (κ3) is 3.71. The summed E-state index contributed by atoms with van der Waals surface area (Å²) in [6.45, 7) is 9.21. The molecule has 5 nitrogen and oxygen atoms in total. The molecular weight excluding hydrogens is 314 g/mol. The molecule has 2 aliphatic rings. The molecule has 2 amide bonds. The van der Waals surface area contributed by atoms with Crippen molar-refractivity contribution in [3.63, 3.8) is 0 Å². The SMILES string of the molecule is CCN(CC)C(=O)c1ccc(C(=O)N2CCC3(CCNC3)CC2)cc1. The standard InChI is InChI=1S/C20H29N3O2/c1-3-22(4-2)18(24)16-5-7-17(8-6-16)19(25)23-13-10-20(11-14-23)9-12-21-15-20/h5-8,21H,3-4,9-15H2,1-2H3. The van der Waals surface area contributed by atoms with Gasteiger partial charge in [0, 0.05) is 43.9 Å². The molecule has 1 N–H and O–H groups in total. The number of hydrogen-bond donors (Lipinski definition) is 1. The molecule has 25 heavy (non-hydrogen) atoms. The van der Waals surface area contributed by atoms with Crippen molar-refractivity contribution in [2.45, 2.75) is 33.1 Å². The van der Waals surface area contributed by atoms with E-state index in [1.807, 2.05) is 18.7 Å². The molecule has 136 valence electrons. The molecule has 5 heteroatoms. The molecule has 2 aliphatic heterocycles. The van der Waals surface area contributed by atoms with E-state index in [2.05, 4.69) is 5.32 Å². The van der Waals surface area contributed by atoms with Crippen molar-refractivity contribution in [1.82, 2.24) is 15.1 Å². The summed E-state index contributed by atoms with van der Waals surface area (Å²) in [4.78, 5) is 28.9. The highest BCUT2D eigenvalue weighted by atomic mass is 16.2. The van der Waals surface area contributed by atoms with Gasteiger partial charge in [-0.2, -0.15) is 0 Å². The van der Waals surface area contributed by atoms with Crippen LogP contribution in [0.3, 0.4) is 0 Å². The number of amides is 2. The Morgan fingerprint density at radius 2 is 1.64 bits per heavy atom. The molecule has 2 saturated heterocycles. The number of benzene rings is 1. The van der Waals surface area contributed by atoms with Crippen LogP contribution in [0, 0.1) is 5.41 Å². The third-order valence-electron chi connectivity index (χ3n) is 5.87. The van der Waals surface area contributed by atoms with E-state index in [0.717, 1.165) is 39.0 Å². The summed E-state index contributed by atoms with van der Waals surface area (Å²) in [5.74, 6) is 0.111. The highest BCUT2D eigenvalue weighted by Gasteiger charge is 2.38. The first kappa shape index (κ1) is 17.9. The summed E-state index contributed by atoms with van der Waals surface area (Å²) in [5.41, 5.74) is 1.74. The number of nitrogens with zero attached hydrogens (tertiary/aromatic N) is 2. The molecule has 0 unspecified atom stereocenters. The van der Waals surface area contributed by atoms with Gasteiger partial charge in [0.2, 0.25) is 0 Å². The zero-order valence-corrected chi connectivity index (χ0v) is 15.4. The molecule has 0 saturated carbocycles. The van der Waals surface area contributed by atoms with Crippen molar-refractivity contribution in [3.8, 4) is 0 Å². The van der Waals surface area contributed by atoms with Crippen molar-refractivity contribution in [2.75, 3.05) is 39.3 Å². The highest BCUT2D eigenvalue weighted by Crippen LogP contribution is 2.37. The number of piperidine rings is 1. The Balaban J connectivity index is 1.62. The van der Waals surface area contributed by atoms with Crippen LogP contribution in [0.5, 0.6) is 0 Å². The Morgan fingerprint density at radius 3 is 2.16 bits per heavy atom. The van der Waals surface area contributed by atoms with Gasteiger partial charge in [-0.25, -0.2) is 0 Å². The third-order valence-corrected chi connectivity index (χ3v) is 5.87. The Hall–Kier alpha value is -1.88. The summed E-state index contributed by atoms with van der Waals surface area (Å²) >= 11 is 0. The van der Waals surface area contributed by atoms with Gasteiger partial charge in [0.15, 0.2) is 0 Å². The van der Waals surface area contributed by atoms with E-state index >= 15 is 0 Å². The van der Waals surface area contributed by atoms with E-state index < -0.39 is 0 Å². The van der Waals surface area contributed by atoms with Gasteiger partial charge in [-0.05, 0) is 69.3 Å². The molecule has 2 heterocycles. The predicted molar refractivity (Wildman–Crippen MR) is 98.8 cm³/mol. The summed E-state index contributed by atoms with van der Waals surface area (Å²) < 4.78 is 0. The summed E-state index contributed by atoms with van der Waals surface area (Å²) in [7, 11) is 0. The number of carbonyl (C=O) groups excluding carboxylic acids is 2. The fourth-order valence-corrected chi connectivity index (χ4v) is 4.04. The monoisotopic (exact) mass is 343 g/mol. The maximum atomic E-state index is 12.7. The lowest BCUT2D eigenvalue weighted by atomic mass is 9.78. The summed E-state index contributed by atoms with van der Waals surface area (Å²) in [6.07, 6.45) is 3.41. The number of nitrogens with one attached hydrogen (secondary N) is 1. The molecule has 1 spiro atoms. The molecule has 2 fully saturated rings. The van der Waals surface area contributed by atoms with Gasteiger partial charge in [-0.15, -0.1) is 0 Å². The maximum absolute atomic E-state index is 12.7. The van der Waals surface area contributed by atoms with Crippen LogP contribution in [0.25, 0.3) is 0 Å². The summed E-state index contributed by atoms with van der Waals surface area (Å²) in [5, 5.41) is 3.45. The first-order valence-corrected chi connectivity index (χ1v) is 9.48. The van der Waals surface area contributed by atoms with E-state index in [-0.39, 0.29) is 11.8 Å². The van der Waals surface area contributed by atoms with Gasteiger partial charge in [0.1, 0.15) is 0 Å².